The van der Waals surface area contributed by atoms with Gasteiger partial charge in [-0.25, -0.2) is 9.97 Å². The van der Waals surface area contributed by atoms with Crippen LogP contribution in [0.4, 0.5) is 5.95 Å². The Morgan fingerprint density at radius 1 is 1.33 bits per heavy atom. The number of anilines is 1. The fraction of sp³-hybridized carbons (Fsp3) is 0.643. The number of rotatable bonds is 7. The normalized spacial score (nSPS) is 11.7. The minimum atomic E-state index is 0.459. The topological polar surface area (TPSA) is 82.1 Å². The SMILES string of the molecule is COc1ncnc2c1nc(N)n2CCCCN(C)C(C)C. The first-order valence-corrected chi connectivity index (χ1v) is 7.25. The zero-order chi connectivity index (χ0) is 15.4. The molecule has 0 unspecified atom stereocenters. The van der Waals surface area contributed by atoms with Crippen molar-refractivity contribution in [2.24, 2.45) is 0 Å². The first kappa shape index (κ1) is 15.5. The number of nitrogens with two attached hydrogens (primary N) is 1. The van der Waals surface area contributed by atoms with Gasteiger partial charge in [0.25, 0.3) is 0 Å². The average molecular weight is 292 g/mol. The summed E-state index contributed by atoms with van der Waals surface area (Å²) in [7, 11) is 3.71. The maximum Gasteiger partial charge on any atom is 0.245 e. The monoisotopic (exact) mass is 292 g/mol. The summed E-state index contributed by atoms with van der Waals surface area (Å²) in [5, 5.41) is 0. The zero-order valence-corrected chi connectivity index (χ0v) is 13.2. The number of hydrogen-bond acceptors (Lipinski definition) is 6. The third-order valence-electron chi connectivity index (χ3n) is 3.75. The number of nitrogens with zero attached hydrogens (tertiary/aromatic N) is 5. The number of methoxy groups -OCH3 is 1. The predicted octanol–water partition coefficient (Wildman–Crippen LogP) is 1.54. The van der Waals surface area contributed by atoms with E-state index in [0.717, 1.165) is 31.6 Å². The minimum absolute atomic E-state index is 0.459. The molecule has 2 N–H and O–H groups in total. The fourth-order valence-corrected chi connectivity index (χ4v) is 2.19. The first-order chi connectivity index (χ1) is 10.0. The summed E-state index contributed by atoms with van der Waals surface area (Å²) >= 11 is 0. The highest BCUT2D eigenvalue weighted by molar-refractivity contribution is 5.78. The summed E-state index contributed by atoms with van der Waals surface area (Å²) in [5.41, 5.74) is 7.34. The third kappa shape index (κ3) is 3.41. The van der Waals surface area contributed by atoms with E-state index >= 15 is 0 Å². The maximum absolute atomic E-state index is 5.99. The summed E-state index contributed by atoms with van der Waals surface area (Å²) in [5.74, 6) is 0.922. The van der Waals surface area contributed by atoms with Crippen LogP contribution in [0.1, 0.15) is 26.7 Å². The summed E-state index contributed by atoms with van der Waals surface area (Å²) in [6.45, 7) is 6.27. The molecule has 0 saturated carbocycles. The maximum atomic E-state index is 5.99. The summed E-state index contributed by atoms with van der Waals surface area (Å²) in [6, 6.07) is 0.571. The van der Waals surface area contributed by atoms with E-state index in [0.29, 0.717) is 23.4 Å². The van der Waals surface area contributed by atoms with Crippen molar-refractivity contribution >= 4 is 17.1 Å². The Labute approximate surface area is 125 Å². The van der Waals surface area contributed by atoms with Crippen LogP contribution in [0.3, 0.4) is 0 Å². The molecule has 0 aliphatic rings. The number of fused-ring (bicyclic) bond motifs is 1. The van der Waals surface area contributed by atoms with Gasteiger partial charge in [-0.3, -0.25) is 4.57 Å². The van der Waals surface area contributed by atoms with Crippen molar-refractivity contribution in [2.75, 3.05) is 26.4 Å². The fourth-order valence-electron chi connectivity index (χ4n) is 2.19. The number of ether oxygens (including phenoxy) is 1. The molecule has 21 heavy (non-hydrogen) atoms. The number of unbranched alkanes of at least 4 members (excludes halogenated alkanes) is 1. The van der Waals surface area contributed by atoms with Gasteiger partial charge in [-0.15, -0.1) is 0 Å². The van der Waals surface area contributed by atoms with Gasteiger partial charge >= 0.3 is 0 Å². The third-order valence-corrected chi connectivity index (χ3v) is 3.75. The lowest BCUT2D eigenvalue weighted by molar-refractivity contribution is 0.266. The van der Waals surface area contributed by atoms with E-state index < -0.39 is 0 Å². The number of aromatic nitrogens is 4. The summed E-state index contributed by atoms with van der Waals surface area (Å²) in [4.78, 5) is 15.0. The second-order valence-corrected chi connectivity index (χ2v) is 5.46. The highest BCUT2D eigenvalue weighted by Crippen LogP contribution is 2.22. The van der Waals surface area contributed by atoms with Gasteiger partial charge in [-0.1, -0.05) is 0 Å². The Kier molecular flexibility index (Phi) is 4.95. The molecule has 116 valence electrons. The molecule has 0 saturated heterocycles. The Morgan fingerprint density at radius 2 is 2.10 bits per heavy atom. The minimum Gasteiger partial charge on any atom is -0.479 e. The Hall–Kier alpha value is -1.89. The largest absolute Gasteiger partial charge is 0.479 e. The molecular formula is C14H24N6O. The lowest BCUT2D eigenvalue weighted by Crippen LogP contribution is -2.27. The average Bonchev–Trinajstić information content (AvgIpc) is 2.78. The molecule has 7 nitrogen and oxygen atoms in total. The lowest BCUT2D eigenvalue weighted by atomic mass is 10.2. The molecule has 2 rings (SSSR count). The quantitative estimate of drug-likeness (QED) is 0.779. The van der Waals surface area contributed by atoms with E-state index in [-0.39, 0.29) is 0 Å². The van der Waals surface area contributed by atoms with Crippen LogP contribution in [0, 0.1) is 0 Å². The van der Waals surface area contributed by atoms with Gasteiger partial charge in [0.2, 0.25) is 11.8 Å². The molecule has 0 aromatic carbocycles. The molecule has 2 aromatic rings. The highest BCUT2D eigenvalue weighted by atomic mass is 16.5. The smallest absolute Gasteiger partial charge is 0.245 e. The van der Waals surface area contributed by atoms with Gasteiger partial charge < -0.3 is 15.4 Å². The van der Waals surface area contributed by atoms with Crippen molar-refractivity contribution in [3.63, 3.8) is 0 Å². The van der Waals surface area contributed by atoms with E-state index in [9.17, 15) is 0 Å². The lowest BCUT2D eigenvalue weighted by Gasteiger charge is -2.20. The molecule has 2 aromatic heterocycles. The van der Waals surface area contributed by atoms with Crippen molar-refractivity contribution in [3.8, 4) is 5.88 Å². The molecule has 0 aliphatic carbocycles. The van der Waals surface area contributed by atoms with Crippen LogP contribution in [0.2, 0.25) is 0 Å². The Morgan fingerprint density at radius 3 is 2.76 bits per heavy atom. The van der Waals surface area contributed by atoms with E-state index in [4.69, 9.17) is 10.5 Å². The second-order valence-electron chi connectivity index (χ2n) is 5.46. The van der Waals surface area contributed by atoms with Crippen LogP contribution in [0.15, 0.2) is 6.33 Å². The van der Waals surface area contributed by atoms with Crippen LogP contribution < -0.4 is 10.5 Å². The zero-order valence-electron chi connectivity index (χ0n) is 13.2. The second kappa shape index (κ2) is 6.71. The van der Waals surface area contributed by atoms with Crippen molar-refractivity contribution in [1.82, 2.24) is 24.4 Å². The summed E-state index contributed by atoms with van der Waals surface area (Å²) in [6.07, 6.45) is 3.61. The standard InChI is InChI=1S/C14H24N6O/c1-10(2)19(3)7-5-6-8-20-12-11(18-14(20)15)13(21-4)17-9-16-12/h9-10H,5-8H2,1-4H3,(H2,15,18). The molecular weight excluding hydrogens is 268 g/mol. The summed E-state index contributed by atoms with van der Waals surface area (Å²) < 4.78 is 7.12. The molecule has 0 aliphatic heterocycles. The number of nitrogen functional groups attached to an aromatic ring is 1. The first-order valence-electron chi connectivity index (χ1n) is 7.25. The Bertz CT molecular complexity index is 594. The number of hydrogen-bond donors (Lipinski definition) is 1. The van der Waals surface area contributed by atoms with Gasteiger partial charge in [0.15, 0.2) is 11.2 Å². The van der Waals surface area contributed by atoms with Crippen molar-refractivity contribution in [3.05, 3.63) is 6.33 Å². The van der Waals surface area contributed by atoms with E-state index in [1.165, 1.54) is 6.33 Å². The van der Waals surface area contributed by atoms with Crippen LogP contribution in [-0.2, 0) is 6.54 Å². The predicted molar refractivity (Wildman–Crippen MR) is 83.3 cm³/mol. The molecule has 7 heteroatoms. The molecule has 0 amide bonds. The van der Waals surface area contributed by atoms with Gasteiger partial charge in [0.05, 0.1) is 7.11 Å². The van der Waals surface area contributed by atoms with Gasteiger partial charge in [-0.05, 0) is 40.3 Å². The van der Waals surface area contributed by atoms with E-state index in [2.05, 4.69) is 40.7 Å². The van der Waals surface area contributed by atoms with Gasteiger partial charge in [0, 0.05) is 12.6 Å². The Balaban J connectivity index is 2.04. The molecule has 2 heterocycles. The van der Waals surface area contributed by atoms with Crippen LogP contribution in [0.25, 0.3) is 11.2 Å². The van der Waals surface area contributed by atoms with Gasteiger partial charge in [0.1, 0.15) is 6.33 Å². The molecule has 0 atom stereocenters. The van der Waals surface area contributed by atoms with E-state index in [1.807, 2.05) is 4.57 Å². The molecule has 0 bridgehead atoms. The van der Waals surface area contributed by atoms with Crippen molar-refractivity contribution in [1.29, 1.82) is 0 Å². The molecule has 0 spiro atoms. The van der Waals surface area contributed by atoms with Crippen molar-refractivity contribution in [2.45, 2.75) is 39.3 Å². The molecule has 0 fully saturated rings. The number of imidazole rings is 1. The van der Waals surface area contributed by atoms with Crippen molar-refractivity contribution < 1.29 is 4.74 Å². The number of aryl methyl sites for hydroxylation is 1. The van der Waals surface area contributed by atoms with E-state index in [1.54, 1.807) is 7.11 Å². The molecule has 0 radical (unpaired) electrons. The highest BCUT2D eigenvalue weighted by Gasteiger charge is 2.14. The van der Waals surface area contributed by atoms with Gasteiger partial charge in [-0.2, -0.15) is 4.98 Å². The van der Waals surface area contributed by atoms with Crippen LogP contribution in [0.5, 0.6) is 5.88 Å². The van der Waals surface area contributed by atoms with Crippen LogP contribution in [-0.4, -0.2) is 51.2 Å². The van der Waals surface area contributed by atoms with Crippen LogP contribution >= 0.6 is 0 Å².